The summed E-state index contributed by atoms with van der Waals surface area (Å²) < 4.78 is 11.0. The van der Waals surface area contributed by atoms with E-state index in [0.717, 1.165) is 39.4 Å². The summed E-state index contributed by atoms with van der Waals surface area (Å²) >= 11 is 0. The zero-order chi connectivity index (χ0) is 28.6. The molecule has 3 aromatic carbocycles. The number of esters is 1. The first kappa shape index (κ1) is 28.3. The molecule has 2 N–H and O–H groups in total. The summed E-state index contributed by atoms with van der Waals surface area (Å²) in [6, 6.07) is 22.3. The van der Waals surface area contributed by atoms with Crippen molar-refractivity contribution in [3.05, 3.63) is 118 Å². The van der Waals surface area contributed by atoms with E-state index in [1.54, 1.807) is 19.2 Å². The normalized spacial score (nSPS) is 16.1. The van der Waals surface area contributed by atoms with Crippen molar-refractivity contribution < 1.29 is 24.2 Å². The summed E-state index contributed by atoms with van der Waals surface area (Å²) in [5.41, 5.74) is 6.43. The van der Waals surface area contributed by atoms with Gasteiger partial charge in [-0.3, -0.25) is 4.79 Å². The molecule has 1 aliphatic heterocycles. The maximum atomic E-state index is 13.0. The number of rotatable bonds is 5. The summed E-state index contributed by atoms with van der Waals surface area (Å²) in [5.74, 6) is 3.36. The number of dihydropyridines is 1. The van der Waals surface area contributed by atoms with Crippen LogP contribution >= 0.6 is 0 Å². The molecular formula is C34H33NO5. The second-order valence-electron chi connectivity index (χ2n) is 9.89. The monoisotopic (exact) mass is 535 g/mol. The fraction of sp³-hybridized carbons (Fsp3) is 0.235. The molecule has 0 radical (unpaired) electrons. The Hall–Kier alpha value is -4.76. The van der Waals surface area contributed by atoms with Crippen molar-refractivity contribution in [1.29, 1.82) is 0 Å². The van der Waals surface area contributed by atoms with Crippen molar-refractivity contribution in [2.45, 2.75) is 45.6 Å². The minimum Gasteiger partial charge on any atom is -0.508 e. The van der Waals surface area contributed by atoms with Crippen LogP contribution in [0.2, 0.25) is 0 Å². The number of hydrogen-bond donors (Lipinski definition) is 2. The lowest BCUT2D eigenvalue weighted by atomic mass is 9.78. The number of Topliss-reactive ketones (excluding diaryl/α,β-unsaturated/α-hetero) is 1. The Bertz CT molecular complexity index is 1510. The number of ketones is 1. The van der Waals surface area contributed by atoms with Gasteiger partial charge in [-0.05, 0) is 67.3 Å². The number of allylic oxidation sites excluding steroid dienone is 3. The number of carbonyl (C=O) groups is 2. The van der Waals surface area contributed by atoms with Crippen LogP contribution in [0.3, 0.4) is 0 Å². The first-order chi connectivity index (χ1) is 19.3. The molecule has 6 heteroatoms. The molecule has 0 saturated heterocycles. The molecule has 204 valence electrons. The first-order valence-corrected chi connectivity index (χ1v) is 13.1. The molecule has 0 saturated carbocycles. The molecule has 0 fully saturated rings. The number of benzene rings is 3. The molecule has 0 aromatic heterocycles. The third-order valence-electron chi connectivity index (χ3n) is 7.02. The van der Waals surface area contributed by atoms with Gasteiger partial charge in [0.2, 0.25) is 0 Å². The highest BCUT2D eigenvalue weighted by molar-refractivity contribution is 6.01. The third kappa shape index (κ3) is 6.81. The lowest BCUT2D eigenvalue weighted by Crippen LogP contribution is -2.31. The number of nitrogens with one attached hydrogen (secondary N) is 1. The van der Waals surface area contributed by atoms with Crippen molar-refractivity contribution in [2.75, 3.05) is 7.11 Å². The third-order valence-corrected chi connectivity index (χ3v) is 7.02. The number of methoxy groups -OCH3 is 1. The number of aromatic hydroxyl groups is 1. The van der Waals surface area contributed by atoms with E-state index in [-0.39, 0.29) is 24.7 Å². The lowest BCUT2D eigenvalue weighted by molar-refractivity contribution is -0.140. The number of phenolic OH excluding ortho intramolecular Hbond substituents is 1. The van der Waals surface area contributed by atoms with Gasteiger partial charge in [-0.15, -0.1) is 6.42 Å². The second-order valence-corrected chi connectivity index (χ2v) is 9.89. The Morgan fingerprint density at radius 1 is 1.05 bits per heavy atom. The highest BCUT2D eigenvalue weighted by Crippen LogP contribution is 2.41. The largest absolute Gasteiger partial charge is 0.508 e. The van der Waals surface area contributed by atoms with Crippen LogP contribution in [0.1, 0.15) is 54.4 Å². The highest BCUT2D eigenvalue weighted by atomic mass is 16.5. The molecule has 0 amide bonds. The summed E-state index contributed by atoms with van der Waals surface area (Å²) in [7, 11) is 1.64. The van der Waals surface area contributed by atoms with E-state index in [1.165, 1.54) is 0 Å². The van der Waals surface area contributed by atoms with Crippen LogP contribution < -0.4 is 10.1 Å². The van der Waals surface area contributed by atoms with Crippen molar-refractivity contribution in [3.8, 4) is 23.8 Å². The molecule has 2 aliphatic rings. The number of hydrogen-bond acceptors (Lipinski definition) is 6. The van der Waals surface area contributed by atoms with Crippen LogP contribution in [0.5, 0.6) is 11.5 Å². The van der Waals surface area contributed by atoms with E-state index in [2.05, 4.69) is 11.2 Å². The van der Waals surface area contributed by atoms with E-state index in [0.29, 0.717) is 29.7 Å². The predicted octanol–water partition coefficient (Wildman–Crippen LogP) is 6.09. The Balaban J connectivity index is 0.000000398. The molecule has 0 unspecified atom stereocenters. The van der Waals surface area contributed by atoms with Gasteiger partial charge >= 0.3 is 5.97 Å². The van der Waals surface area contributed by atoms with E-state index in [4.69, 9.17) is 21.0 Å². The van der Waals surface area contributed by atoms with Crippen LogP contribution in [-0.2, 0) is 20.9 Å². The SMILES string of the molecule is C#Cc1cccc(COC(=O)C2=C(C)NC3=C(C2)C(=O)C[C@H](c2ccccc2OC)C3)c1.Cc1cccc(O)c1. The summed E-state index contributed by atoms with van der Waals surface area (Å²) in [6.45, 7) is 3.91. The van der Waals surface area contributed by atoms with Crippen LogP contribution in [0.4, 0.5) is 0 Å². The maximum Gasteiger partial charge on any atom is 0.336 e. The van der Waals surface area contributed by atoms with E-state index < -0.39 is 5.97 Å². The number of para-hydroxylation sites is 1. The number of ether oxygens (including phenoxy) is 2. The van der Waals surface area contributed by atoms with Crippen LogP contribution in [0.15, 0.2) is 95.3 Å². The molecule has 0 bridgehead atoms. The Morgan fingerprint density at radius 2 is 1.82 bits per heavy atom. The van der Waals surface area contributed by atoms with Gasteiger partial charge < -0.3 is 19.9 Å². The lowest BCUT2D eigenvalue weighted by Gasteiger charge is -2.32. The minimum atomic E-state index is -0.424. The molecule has 5 rings (SSSR count). The quantitative estimate of drug-likeness (QED) is 0.304. The van der Waals surface area contributed by atoms with Crippen LogP contribution in [-0.4, -0.2) is 24.0 Å². The Morgan fingerprint density at radius 3 is 2.52 bits per heavy atom. The molecule has 1 aliphatic carbocycles. The summed E-state index contributed by atoms with van der Waals surface area (Å²) in [5, 5.41) is 12.1. The zero-order valence-corrected chi connectivity index (χ0v) is 23.0. The Labute approximate surface area is 235 Å². The molecule has 0 spiro atoms. The standard InChI is InChI=1S/C27H25NO4.C7H8O/c1-4-18-8-7-9-19(12-18)16-32-27(30)22-15-23-24(28-17(22)2)13-20(14-25(23)29)21-10-5-6-11-26(21)31-3;1-6-3-2-4-7(8)5-6/h1,5-12,20,28H,13-16H2,2-3H3;2-5,8H,1H3/t20-;/m1./s1. The number of terminal acetylenes is 1. The fourth-order valence-electron chi connectivity index (χ4n) is 4.96. The maximum absolute atomic E-state index is 13.0. The van der Waals surface area contributed by atoms with E-state index in [1.807, 2.05) is 74.5 Å². The van der Waals surface area contributed by atoms with Crippen LogP contribution in [0, 0.1) is 19.3 Å². The van der Waals surface area contributed by atoms with Gasteiger partial charge in [0.05, 0.1) is 12.7 Å². The average molecular weight is 536 g/mol. The number of aryl methyl sites for hydroxylation is 1. The van der Waals surface area contributed by atoms with E-state index >= 15 is 0 Å². The van der Waals surface area contributed by atoms with Gasteiger partial charge in [-0.1, -0.05) is 48.4 Å². The average Bonchev–Trinajstić information content (AvgIpc) is 2.95. The second kappa shape index (κ2) is 12.9. The number of carbonyl (C=O) groups excluding carboxylic acids is 2. The predicted molar refractivity (Wildman–Crippen MR) is 154 cm³/mol. The van der Waals surface area contributed by atoms with Gasteiger partial charge in [0.25, 0.3) is 0 Å². The van der Waals surface area contributed by atoms with Crippen molar-refractivity contribution in [1.82, 2.24) is 5.32 Å². The van der Waals surface area contributed by atoms with Gasteiger partial charge in [-0.2, -0.15) is 0 Å². The number of phenols is 1. The molecular weight excluding hydrogens is 502 g/mol. The fourth-order valence-corrected chi connectivity index (χ4v) is 4.96. The molecule has 3 aromatic rings. The molecule has 40 heavy (non-hydrogen) atoms. The van der Waals surface area contributed by atoms with Crippen molar-refractivity contribution >= 4 is 11.8 Å². The van der Waals surface area contributed by atoms with E-state index in [9.17, 15) is 9.59 Å². The van der Waals surface area contributed by atoms with Gasteiger partial charge in [-0.25, -0.2) is 4.79 Å². The molecule has 6 nitrogen and oxygen atoms in total. The smallest absolute Gasteiger partial charge is 0.336 e. The zero-order valence-electron chi connectivity index (χ0n) is 23.0. The van der Waals surface area contributed by atoms with Gasteiger partial charge in [0.1, 0.15) is 18.1 Å². The van der Waals surface area contributed by atoms with Crippen molar-refractivity contribution in [3.63, 3.8) is 0 Å². The van der Waals surface area contributed by atoms with Crippen LogP contribution in [0.25, 0.3) is 0 Å². The van der Waals surface area contributed by atoms with Crippen molar-refractivity contribution in [2.24, 2.45) is 0 Å². The minimum absolute atomic E-state index is 0.0367. The molecule has 1 atom stereocenters. The van der Waals surface area contributed by atoms with Gasteiger partial charge in [0, 0.05) is 41.3 Å². The highest BCUT2D eigenvalue weighted by Gasteiger charge is 2.34. The van der Waals surface area contributed by atoms with Gasteiger partial charge in [0.15, 0.2) is 5.78 Å². The molecule has 1 heterocycles. The summed E-state index contributed by atoms with van der Waals surface area (Å²) in [6.07, 6.45) is 6.80. The first-order valence-electron chi connectivity index (χ1n) is 13.1. The topological polar surface area (TPSA) is 84.9 Å². The Kier molecular flexibility index (Phi) is 9.08. The summed E-state index contributed by atoms with van der Waals surface area (Å²) in [4.78, 5) is 25.8.